The van der Waals surface area contributed by atoms with Crippen LogP contribution in [0.2, 0.25) is 0 Å². The summed E-state index contributed by atoms with van der Waals surface area (Å²) in [7, 11) is 0. The van der Waals surface area contributed by atoms with Crippen LogP contribution in [-0.2, 0) is 9.59 Å². The molecular weight excluding hydrogens is 214 g/mol. The minimum absolute atomic E-state index is 0.151. The highest BCUT2D eigenvalue weighted by Crippen LogP contribution is 2.28. The van der Waals surface area contributed by atoms with Gasteiger partial charge in [0.05, 0.1) is 23.7 Å². The SMILES string of the molecule is CCC(CC)(CO)N1C(=O)CSCC1=O. The molecule has 1 saturated heterocycles. The van der Waals surface area contributed by atoms with E-state index in [0.29, 0.717) is 24.3 Å². The second-order valence-corrected chi connectivity index (χ2v) is 4.69. The molecule has 0 radical (unpaired) electrons. The molecular formula is C10H17NO3S. The van der Waals surface area contributed by atoms with Crippen molar-refractivity contribution >= 4 is 23.6 Å². The van der Waals surface area contributed by atoms with Crippen LogP contribution in [0, 0.1) is 0 Å². The first kappa shape index (κ1) is 12.5. The first-order chi connectivity index (χ1) is 7.11. The Bertz CT molecular complexity index is 239. The molecule has 0 unspecified atom stereocenters. The van der Waals surface area contributed by atoms with Gasteiger partial charge in [0.25, 0.3) is 0 Å². The number of aliphatic hydroxyl groups is 1. The van der Waals surface area contributed by atoms with Crippen LogP contribution in [-0.4, -0.2) is 45.5 Å². The zero-order valence-electron chi connectivity index (χ0n) is 9.15. The number of carbonyl (C=O) groups is 2. The maximum absolute atomic E-state index is 11.7. The fourth-order valence-electron chi connectivity index (χ4n) is 1.88. The summed E-state index contributed by atoms with van der Waals surface area (Å²) in [6.45, 7) is 3.63. The topological polar surface area (TPSA) is 57.6 Å². The molecule has 0 aromatic heterocycles. The molecule has 1 aliphatic rings. The predicted molar refractivity (Wildman–Crippen MR) is 59.6 cm³/mol. The van der Waals surface area contributed by atoms with Gasteiger partial charge in [-0.05, 0) is 12.8 Å². The molecule has 2 amide bonds. The third-order valence-corrected chi connectivity index (χ3v) is 3.94. The van der Waals surface area contributed by atoms with Gasteiger partial charge in [-0.25, -0.2) is 0 Å². The van der Waals surface area contributed by atoms with E-state index in [1.165, 1.54) is 16.7 Å². The highest BCUT2D eigenvalue weighted by molar-refractivity contribution is 8.00. The first-order valence-corrected chi connectivity index (χ1v) is 6.31. The van der Waals surface area contributed by atoms with E-state index in [1.807, 2.05) is 13.8 Å². The third-order valence-electron chi connectivity index (χ3n) is 3.03. The van der Waals surface area contributed by atoms with Crippen LogP contribution in [0.1, 0.15) is 26.7 Å². The summed E-state index contributed by atoms with van der Waals surface area (Å²) in [6, 6.07) is 0. The van der Waals surface area contributed by atoms with Crippen LogP contribution in [0.3, 0.4) is 0 Å². The van der Waals surface area contributed by atoms with Gasteiger partial charge in [0.15, 0.2) is 0 Å². The van der Waals surface area contributed by atoms with Gasteiger partial charge < -0.3 is 5.11 Å². The quantitative estimate of drug-likeness (QED) is 0.721. The lowest BCUT2D eigenvalue weighted by atomic mass is 9.91. The van der Waals surface area contributed by atoms with E-state index in [1.54, 1.807) is 0 Å². The molecule has 1 N–H and O–H groups in total. The average molecular weight is 231 g/mol. The van der Waals surface area contributed by atoms with E-state index in [9.17, 15) is 14.7 Å². The van der Waals surface area contributed by atoms with Gasteiger partial charge in [-0.2, -0.15) is 0 Å². The van der Waals surface area contributed by atoms with E-state index in [4.69, 9.17) is 0 Å². The fraction of sp³-hybridized carbons (Fsp3) is 0.800. The summed E-state index contributed by atoms with van der Waals surface area (Å²) in [5, 5.41) is 9.41. The summed E-state index contributed by atoms with van der Waals surface area (Å²) in [5.74, 6) is 0.337. The summed E-state index contributed by atoms with van der Waals surface area (Å²) < 4.78 is 0. The van der Waals surface area contributed by atoms with Gasteiger partial charge in [-0.3, -0.25) is 14.5 Å². The number of thioether (sulfide) groups is 1. The number of nitrogens with zero attached hydrogens (tertiary/aromatic N) is 1. The number of hydrogen-bond donors (Lipinski definition) is 1. The van der Waals surface area contributed by atoms with Crippen molar-refractivity contribution in [3.63, 3.8) is 0 Å². The Balaban J connectivity index is 2.98. The molecule has 0 aliphatic carbocycles. The summed E-state index contributed by atoms with van der Waals surface area (Å²) in [6.07, 6.45) is 1.20. The molecule has 1 rings (SSSR count). The Hall–Kier alpha value is -0.550. The third kappa shape index (κ3) is 2.18. The molecule has 0 atom stereocenters. The molecule has 1 fully saturated rings. The number of aliphatic hydroxyl groups excluding tert-OH is 1. The molecule has 4 nitrogen and oxygen atoms in total. The second-order valence-electron chi connectivity index (χ2n) is 3.71. The van der Waals surface area contributed by atoms with Gasteiger partial charge in [0.1, 0.15) is 0 Å². The monoisotopic (exact) mass is 231 g/mol. The zero-order chi connectivity index (χ0) is 11.5. The van der Waals surface area contributed by atoms with Crippen molar-refractivity contribution in [3.05, 3.63) is 0 Å². The fourth-order valence-corrected chi connectivity index (χ4v) is 2.59. The maximum atomic E-state index is 11.7. The molecule has 1 aliphatic heterocycles. The second kappa shape index (κ2) is 4.99. The smallest absolute Gasteiger partial charge is 0.239 e. The summed E-state index contributed by atoms with van der Waals surface area (Å²) in [4.78, 5) is 24.7. The normalized spacial score (nSPS) is 18.5. The van der Waals surface area contributed by atoms with E-state index >= 15 is 0 Å². The summed E-state index contributed by atoms with van der Waals surface area (Å²) >= 11 is 1.34. The van der Waals surface area contributed by atoms with Crippen molar-refractivity contribution in [2.24, 2.45) is 0 Å². The first-order valence-electron chi connectivity index (χ1n) is 5.15. The molecule has 0 saturated carbocycles. The lowest BCUT2D eigenvalue weighted by Gasteiger charge is -2.42. The Kier molecular flexibility index (Phi) is 4.16. The van der Waals surface area contributed by atoms with Gasteiger partial charge >= 0.3 is 0 Å². The average Bonchev–Trinajstić information content (AvgIpc) is 2.24. The molecule has 5 heteroatoms. The number of rotatable bonds is 4. The zero-order valence-corrected chi connectivity index (χ0v) is 9.97. The van der Waals surface area contributed by atoms with Gasteiger partial charge in [-0.15, -0.1) is 11.8 Å². The number of imide groups is 1. The van der Waals surface area contributed by atoms with Crippen molar-refractivity contribution in [1.82, 2.24) is 4.90 Å². The van der Waals surface area contributed by atoms with Crippen molar-refractivity contribution in [2.75, 3.05) is 18.1 Å². The summed E-state index contributed by atoms with van der Waals surface area (Å²) in [5.41, 5.74) is -0.685. The van der Waals surface area contributed by atoms with Gasteiger partial charge in [-0.1, -0.05) is 13.8 Å². The standard InChI is InChI=1S/C10H17NO3S/c1-3-10(4-2,7-12)11-8(13)5-15-6-9(11)14/h12H,3-7H2,1-2H3. The van der Waals surface area contributed by atoms with Gasteiger partial charge in [0, 0.05) is 0 Å². The Morgan fingerprint density at radius 1 is 1.27 bits per heavy atom. The lowest BCUT2D eigenvalue weighted by Crippen LogP contribution is -2.59. The molecule has 1 heterocycles. The van der Waals surface area contributed by atoms with E-state index < -0.39 is 5.54 Å². The van der Waals surface area contributed by atoms with Crippen LogP contribution in [0.4, 0.5) is 0 Å². The molecule has 86 valence electrons. The minimum atomic E-state index is -0.685. The van der Waals surface area contributed by atoms with E-state index in [2.05, 4.69) is 0 Å². The van der Waals surface area contributed by atoms with Crippen molar-refractivity contribution in [3.8, 4) is 0 Å². The number of hydrogen-bond acceptors (Lipinski definition) is 4. The van der Waals surface area contributed by atoms with Crippen molar-refractivity contribution in [1.29, 1.82) is 0 Å². The van der Waals surface area contributed by atoms with E-state index in [-0.39, 0.29) is 18.4 Å². The Morgan fingerprint density at radius 3 is 2.07 bits per heavy atom. The van der Waals surface area contributed by atoms with Crippen LogP contribution in [0.5, 0.6) is 0 Å². The highest BCUT2D eigenvalue weighted by Gasteiger charge is 2.42. The largest absolute Gasteiger partial charge is 0.394 e. The van der Waals surface area contributed by atoms with Crippen LogP contribution in [0.25, 0.3) is 0 Å². The Labute approximate surface area is 94.0 Å². The molecule has 0 bridgehead atoms. The van der Waals surface area contributed by atoms with Crippen molar-refractivity contribution in [2.45, 2.75) is 32.2 Å². The van der Waals surface area contributed by atoms with Gasteiger partial charge in [0.2, 0.25) is 11.8 Å². The molecule has 0 spiro atoms. The van der Waals surface area contributed by atoms with Crippen LogP contribution < -0.4 is 0 Å². The van der Waals surface area contributed by atoms with E-state index in [0.717, 1.165) is 0 Å². The number of amides is 2. The van der Waals surface area contributed by atoms with Crippen LogP contribution >= 0.6 is 11.8 Å². The minimum Gasteiger partial charge on any atom is -0.394 e. The molecule has 0 aromatic carbocycles. The lowest BCUT2D eigenvalue weighted by molar-refractivity contribution is -0.152. The number of carbonyl (C=O) groups excluding carboxylic acids is 2. The molecule has 0 aromatic rings. The molecule has 15 heavy (non-hydrogen) atoms. The highest BCUT2D eigenvalue weighted by atomic mass is 32.2. The Morgan fingerprint density at radius 2 is 1.73 bits per heavy atom. The van der Waals surface area contributed by atoms with Crippen LogP contribution in [0.15, 0.2) is 0 Å². The maximum Gasteiger partial charge on any atom is 0.239 e. The van der Waals surface area contributed by atoms with Crippen molar-refractivity contribution < 1.29 is 14.7 Å². The predicted octanol–water partition coefficient (Wildman–Crippen LogP) is 0.639.